The van der Waals surface area contributed by atoms with Crippen molar-refractivity contribution in [1.82, 2.24) is 15.5 Å². The van der Waals surface area contributed by atoms with Gasteiger partial charge in [0, 0.05) is 18.7 Å². The van der Waals surface area contributed by atoms with Gasteiger partial charge < -0.3 is 10.1 Å². The maximum Gasteiger partial charge on any atom is 0.221 e. The molecule has 0 aliphatic carbocycles. The molecule has 1 aliphatic heterocycles. The van der Waals surface area contributed by atoms with Gasteiger partial charge in [0.05, 0.1) is 17.8 Å². The van der Waals surface area contributed by atoms with E-state index < -0.39 is 0 Å². The largest absolute Gasteiger partial charge is 0.376 e. The minimum atomic E-state index is -0.0880. The molecule has 1 aromatic heterocycles. The Morgan fingerprint density at radius 1 is 1.36 bits per heavy atom. The van der Waals surface area contributed by atoms with Crippen molar-refractivity contribution in [2.75, 3.05) is 6.61 Å². The number of benzene rings is 1. The quantitative estimate of drug-likeness (QED) is 0.844. The first kappa shape index (κ1) is 17.7. The van der Waals surface area contributed by atoms with E-state index in [4.69, 9.17) is 4.74 Å². The Morgan fingerprint density at radius 3 is 2.72 bits per heavy atom. The summed E-state index contributed by atoms with van der Waals surface area (Å²) in [6, 6.07) is 10.0. The topological polar surface area (TPSA) is 67.0 Å². The predicted octanol–water partition coefficient (Wildman–Crippen LogP) is 3.56. The molecule has 3 rings (SSSR count). The van der Waals surface area contributed by atoms with Crippen LogP contribution in [0.2, 0.25) is 0 Å². The molecule has 1 saturated heterocycles. The van der Waals surface area contributed by atoms with Gasteiger partial charge in [-0.25, -0.2) is 0 Å². The molecule has 1 aromatic carbocycles. The highest BCUT2D eigenvalue weighted by Crippen LogP contribution is 2.28. The number of amides is 1. The van der Waals surface area contributed by atoms with Crippen LogP contribution in [0.15, 0.2) is 30.3 Å². The third kappa shape index (κ3) is 4.10. The summed E-state index contributed by atoms with van der Waals surface area (Å²) >= 11 is 0. The Morgan fingerprint density at radius 2 is 2.12 bits per heavy atom. The van der Waals surface area contributed by atoms with E-state index in [-0.39, 0.29) is 24.0 Å². The smallest absolute Gasteiger partial charge is 0.221 e. The summed E-state index contributed by atoms with van der Waals surface area (Å²) < 4.78 is 5.86. The number of H-pyrrole nitrogens is 1. The Balaban J connectivity index is 1.70. The molecular weight excluding hydrogens is 314 g/mol. The van der Waals surface area contributed by atoms with E-state index in [0.29, 0.717) is 6.42 Å². The number of aryl methyl sites for hydroxylation is 2. The molecule has 2 aromatic rings. The van der Waals surface area contributed by atoms with Gasteiger partial charge in [-0.15, -0.1) is 0 Å². The van der Waals surface area contributed by atoms with Gasteiger partial charge >= 0.3 is 0 Å². The average Bonchev–Trinajstić information content (AvgIpc) is 3.23. The van der Waals surface area contributed by atoms with Crippen LogP contribution in [0.4, 0.5) is 0 Å². The van der Waals surface area contributed by atoms with Crippen molar-refractivity contribution in [3.05, 3.63) is 52.8 Å². The predicted molar refractivity (Wildman–Crippen MR) is 97.4 cm³/mol. The second-order valence-electron chi connectivity index (χ2n) is 6.96. The normalized spacial score (nSPS) is 19.6. The second-order valence-corrected chi connectivity index (χ2v) is 6.96. The fourth-order valence-corrected chi connectivity index (χ4v) is 3.81. The van der Waals surface area contributed by atoms with Crippen molar-refractivity contribution in [2.45, 2.75) is 58.1 Å². The molecule has 0 saturated carbocycles. The maximum absolute atomic E-state index is 12.7. The van der Waals surface area contributed by atoms with Crippen molar-refractivity contribution in [3.63, 3.8) is 0 Å². The van der Waals surface area contributed by atoms with Crippen LogP contribution in [0.3, 0.4) is 0 Å². The van der Waals surface area contributed by atoms with Crippen LogP contribution in [0, 0.1) is 13.8 Å². The summed E-state index contributed by atoms with van der Waals surface area (Å²) in [6.45, 7) is 6.83. The summed E-state index contributed by atoms with van der Waals surface area (Å²) in [6.07, 6.45) is 2.53. The molecule has 3 atom stereocenters. The molecule has 5 nitrogen and oxygen atoms in total. The number of aromatic nitrogens is 2. The molecule has 0 bridgehead atoms. The molecule has 0 radical (unpaired) electrons. The molecule has 1 amide bonds. The van der Waals surface area contributed by atoms with E-state index in [1.165, 1.54) is 0 Å². The van der Waals surface area contributed by atoms with Crippen LogP contribution in [0.1, 0.15) is 60.7 Å². The Kier molecular flexibility index (Phi) is 5.53. The van der Waals surface area contributed by atoms with Gasteiger partial charge in [-0.1, -0.05) is 37.3 Å². The molecule has 0 spiro atoms. The van der Waals surface area contributed by atoms with Crippen molar-refractivity contribution >= 4 is 5.91 Å². The Labute approximate surface area is 149 Å². The molecule has 25 heavy (non-hydrogen) atoms. The van der Waals surface area contributed by atoms with Gasteiger partial charge in [0.2, 0.25) is 5.91 Å². The zero-order valence-corrected chi connectivity index (χ0v) is 15.2. The lowest BCUT2D eigenvalue weighted by Crippen LogP contribution is -2.36. The zero-order chi connectivity index (χ0) is 17.8. The minimum absolute atomic E-state index is 0.0526. The van der Waals surface area contributed by atoms with Crippen LogP contribution < -0.4 is 5.32 Å². The molecule has 2 N–H and O–H groups in total. The Hall–Kier alpha value is -2.14. The van der Waals surface area contributed by atoms with Gasteiger partial charge in [-0.3, -0.25) is 9.89 Å². The summed E-state index contributed by atoms with van der Waals surface area (Å²) in [7, 11) is 0. The third-order valence-corrected chi connectivity index (χ3v) is 4.98. The van der Waals surface area contributed by atoms with Crippen LogP contribution in [0.5, 0.6) is 0 Å². The minimum Gasteiger partial charge on any atom is -0.376 e. The summed E-state index contributed by atoms with van der Waals surface area (Å²) in [5.41, 5.74) is 4.25. The molecule has 2 heterocycles. The molecule has 1 aliphatic rings. The van der Waals surface area contributed by atoms with Gasteiger partial charge in [0.15, 0.2) is 0 Å². The van der Waals surface area contributed by atoms with E-state index in [0.717, 1.165) is 42.0 Å². The second kappa shape index (κ2) is 7.83. The van der Waals surface area contributed by atoms with Gasteiger partial charge in [0.1, 0.15) is 0 Å². The first-order valence-corrected chi connectivity index (χ1v) is 9.03. The van der Waals surface area contributed by atoms with Crippen LogP contribution >= 0.6 is 0 Å². The Bertz CT molecular complexity index is 685. The molecule has 3 unspecified atom stereocenters. The fourth-order valence-electron chi connectivity index (χ4n) is 3.81. The molecule has 1 fully saturated rings. The zero-order valence-electron chi connectivity index (χ0n) is 15.2. The molecular formula is C20H27N3O2. The number of rotatable bonds is 6. The number of nitrogens with zero attached hydrogens (tertiary/aromatic N) is 1. The number of ether oxygens (including phenoxy) is 1. The summed E-state index contributed by atoms with van der Waals surface area (Å²) in [5.74, 6) is 0.177. The highest BCUT2D eigenvalue weighted by Gasteiger charge is 2.29. The third-order valence-electron chi connectivity index (χ3n) is 4.98. The average molecular weight is 341 g/mol. The van der Waals surface area contributed by atoms with E-state index >= 15 is 0 Å². The molecule has 5 heteroatoms. The highest BCUT2D eigenvalue weighted by molar-refractivity contribution is 5.77. The number of carbonyl (C=O) groups is 1. The van der Waals surface area contributed by atoms with Gasteiger partial charge in [0.25, 0.3) is 0 Å². The summed E-state index contributed by atoms with van der Waals surface area (Å²) in [5, 5.41) is 10.5. The first-order valence-electron chi connectivity index (χ1n) is 9.03. The number of hydrogen-bond acceptors (Lipinski definition) is 3. The lowest BCUT2D eigenvalue weighted by molar-refractivity contribution is -0.123. The number of aromatic amines is 1. The van der Waals surface area contributed by atoms with Crippen LogP contribution in [0.25, 0.3) is 0 Å². The van der Waals surface area contributed by atoms with Crippen molar-refractivity contribution < 1.29 is 9.53 Å². The number of hydrogen-bond donors (Lipinski definition) is 2. The van der Waals surface area contributed by atoms with E-state index in [2.05, 4.69) is 34.6 Å². The van der Waals surface area contributed by atoms with Gasteiger partial charge in [-0.05, 0) is 43.7 Å². The maximum atomic E-state index is 12.7. The van der Waals surface area contributed by atoms with E-state index in [9.17, 15) is 4.79 Å². The van der Waals surface area contributed by atoms with Crippen LogP contribution in [-0.2, 0) is 9.53 Å². The van der Waals surface area contributed by atoms with Crippen LogP contribution in [-0.4, -0.2) is 28.8 Å². The van der Waals surface area contributed by atoms with E-state index in [1.807, 2.05) is 32.0 Å². The van der Waals surface area contributed by atoms with Gasteiger partial charge in [-0.2, -0.15) is 5.10 Å². The number of nitrogens with one attached hydrogen (secondary N) is 2. The molecule has 134 valence electrons. The van der Waals surface area contributed by atoms with Crippen molar-refractivity contribution in [3.8, 4) is 0 Å². The monoisotopic (exact) mass is 341 g/mol. The summed E-state index contributed by atoms with van der Waals surface area (Å²) in [4.78, 5) is 12.7. The standard InChI is InChI=1S/C20H27N3O2/c1-13(19-14(2)22-23-15(19)3)12-18(24)21-20(17-10-7-11-25-17)16-8-5-4-6-9-16/h4-6,8-9,13,17,20H,7,10-12H2,1-3H3,(H,21,24)(H,22,23). The van der Waals surface area contributed by atoms with Crippen molar-refractivity contribution in [1.29, 1.82) is 0 Å². The number of carbonyl (C=O) groups excluding carboxylic acids is 1. The SMILES string of the molecule is Cc1n[nH]c(C)c1C(C)CC(=O)NC(c1ccccc1)C1CCCO1. The first-order chi connectivity index (χ1) is 12.1. The van der Waals surface area contributed by atoms with Crippen molar-refractivity contribution in [2.24, 2.45) is 0 Å². The lowest BCUT2D eigenvalue weighted by atomic mass is 9.94. The lowest BCUT2D eigenvalue weighted by Gasteiger charge is -2.25. The van der Waals surface area contributed by atoms with E-state index in [1.54, 1.807) is 0 Å². The fraction of sp³-hybridized carbons (Fsp3) is 0.500. The highest BCUT2D eigenvalue weighted by atomic mass is 16.5.